The number of nitrogens with zero attached hydrogens (tertiary/aromatic N) is 1. The van der Waals surface area contributed by atoms with Gasteiger partial charge in [-0.05, 0) is 27.7 Å². The van der Waals surface area contributed by atoms with Crippen molar-refractivity contribution in [2.24, 2.45) is 0 Å². The van der Waals surface area contributed by atoms with Gasteiger partial charge in [-0.25, -0.2) is 0 Å². The summed E-state index contributed by atoms with van der Waals surface area (Å²) in [5.74, 6) is 0.124. The van der Waals surface area contributed by atoms with Gasteiger partial charge in [0.25, 0.3) is 0 Å². The van der Waals surface area contributed by atoms with Crippen LogP contribution in [-0.4, -0.2) is 12.0 Å². The minimum atomic E-state index is -0.568. The van der Waals surface area contributed by atoms with Crippen LogP contribution in [0.4, 0.5) is 5.69 Å². The number of halogens is 2. The number of benzene rings is 1. The molecular formula is C7H5Cl2NO3S. The molecule has 0 radical (unpaired) electrons. The van der Waals surface area contributed by atoms with Crippen molar-refractivity contribution < 1.29 is 9.66 Å². The van der Waals surface area contributed by atoms with Gasteiger partial charge in [-0.1, -0.05) is 11.6 Å². The molecule has 1 aromatic carbocycles. The molecule has 7 heteroatoms. The maximum Gasteiger partial charge on any atom is 0.313 e. The van der Waals surface area contributed by atoms with Crippen LogP contribution in [0.15, 0.2) is 17.0 Å². The van der Waals surface area contributed by atoms with Crippen LogP contribution in [0.2, 0.25) is 5.02 Å². The monoisotopic (exact) mass is 253 g/mol. The van der Waals surface area contributed by atoms with E-state index >= 15 is 0 Å². The van der Waals surface area contributed by atoms with Gasteiger partial charge < -0.3 is 4.74 Å². The minimum Gasteiger partial charge on any atom is -0.489 e. The van der Waals surface area contributed by atoms with Crippen molar-refractivity contribution in [1.82, 2.24) is 0 Å². The standard InChI is InChI=1S/C7H5Cl2NO3S/c1-13-7-5(10(11)12)2-4(8)3-6(7)14-9/h2-3H,1H3. The van der Waals surface area contributed by atoms with Crippen LogP contribution in [0.25, 0.3) is 0 Å². The second kappa shape index (κ2) is 4.72. The van der Waals surface area contributed by atoms with Gasteiger partial charge in [0.1, 0.15) is 0 Å². The third-order valence-electron chi connectivity index (χ3n) is 1.48. The van der Waals surface area contributed by atoms with E-state index in [1.54, 1.807) is 0 Å². The highest BCUT2D eigenvalue weighted by Crippen LogP contribution is 2.41. The van der Waals surface area contributed by atoms with Crippen LogP contribution < -0.4 is 4.74 Å². The van der Waals surface area contributed by atoms with Crippen LogP contribution in [0, 0.1) is 10.1 Å². The Hall–Kier alpha value is -0.650. The highest BCUT2D eigenvalue weighted by atomic mass is 35.7. The third kappa shape index (κ3) is 2.23. The Kier molecular flexibility index (Phi) is 3.86. The average Bonchev–Trinajstić information content (AvgIpc) is 2.16. The lowest BCUT2D eigenvalue weighted by Gasteiger charge is -2.05. The lowest BCUT2D eigenvalue weighted by molar-refractivity contribution is -0.386. The Balaban J connectivity index is 3.39. The van der Waals surface area contributed by atoms with Gasteiger partial charge in [-0.3, -0.25) is 10.1 Å². The van der Waals surface area contributed by atoms with Crippen molar-refractivity contribution in [2.75, 3.05) is 7.11 Å². The van der Waals surface area contributed by atoms with E-state index in [2.05, 4.69) is 0 Å². The van der Waals surface area contributed by atoms with E-state index in [-0.39, 0.29) is 16.5 Å². The number of hydrogen-bond donors (Lipinski definition) is 0. The van der Waals surface area contributed by atoms with Gasteiger partial charge in [-0.2, -0.15) is 0 Å². The van der Waals surface area contributed by atoms with Crippen molar-refractivity contribution in [3.05, 3.63) is 27.3 Å². The number of hydrogen-bond acceptors (Lipinski definition) is 4. The van der Waals surface area contributed by atoms with Crippen molar-refractivity contribution in [1.29, 1.82) is 0 Å². The second-order valence-corrected chi connectivity index (χ2v) is 3.78. The van der Waals surface area contributed by atoms with Gasteiger partial charge in [0.05, 0.1) is 16.9 Å². The van der Waals surface area contributed by atoms with E-state index in [4.69, 9.17) is 27.0 Å². The van der Waals surface area contributed by atoms with E-state index in [0.717, 1.165) is 11.0 Å². The smallest absolute Gasteiger partial charge is 0.313 e. The Labute approximate surface area is 93.8 Å². The molecule has 1 aromatic rings. The van der Waals surface area contributed by atoms with Crippen LogP contribution in [0.5, 0.6) is 5.75 Å². The van der Waals surface area contributed by atoms with Crippen molar-refractivity contribution in [2.45, 2.75) is 4.90 Å². The predicted molar refractivity (Wildman–Crippen MR) is 56.4 cm³/mol. The highest BCUT2D eigenvalue weighted by Gasteiger charge is 2.20. The van der Waals surface area contributed by atoms with E-state index in [1.807, 2.05) is 0 Å². The summed E-state index contributed by atoms with van der Waals surface area (Å²) in [7, 11) is 7.68. The third-order valence-corrected chi connectivity index (χ3v) is 2.67. The number of nitro benzene ring substituents is 1. The summed E-state index contributed by atoms with van der Waals surface area (Å²) in [6.45, 7) is 0. The zero-order chi connectivity index (χ0) is 10.7. The molecule has 0 aromatic heterocycles. The number of ether oxygens (including phenoxy) is 1. The second-order valence-electron chi connectivity index (χ2n) is 2.29. The van der Waals surface area contributed by atoms with Gasteiger partial charge >= 0.3 is 5.69 Å². The van der Waals surface area contributed by atoms with Crippen LogP contribution >= 0.6 is 33.3 Å². The fourth-order valence-corrected chi connectivity index (χ4v) is 2.00. The first-order valence-corrected chi connectivity index (χ1v) is 5.42. The quantitative estimate of drug-likeness (QED) is 0.611. The summed E-state index contributed by atoms with van der Waals surface area (Å²) in [5, 5.41) is 10.9. The molecule has 0 unspecified atom stereocenters. The molecular weight excluding hydrogens is 249 g/mol. The summed E-state index contributed by atoms with van der Waals surface area (Å²) in [6, 6.07) is 2.72. The Bertz CT molecular complexity index is 372. The topological polar surface area (TPSA) is 52.4 Å². The van der Waals surface area contributed by atoms with E-state index < -0.39 is 4.92 Å². The van der Waals surface area contributed by atoms with E-state index in [1.165, 1.54) is 19.2 Å². The average molecular weight is 254 g/mol. The molecule has 0 saturated heterocycles. The molecule has 0 saturated carbocycles. The molecule has 0 aliphatic carbocycles. The summed E-state index contributed by atoms with van der Waals surface area (Å²) >= 11 is 5.67. The Morgan fingerprint density at radius 3 is 2.64 bits per heavy atom. The van der Waals surface area contributed by atoms with E-state index in [9.17, 15) is 10.1 Å². The summed E-state index contributed by atoms with van der Waals surface area (Å²) in [6.07, 6.45) is 0. The van der Waals surface area contributed by atoms with Gasteiger partial charge in [0, 0.05) is 11.1 Å². The van der Waals surface area contributed by atoms with Gasteiger partial charge in [0.15, 0.2) is 0 Å². The molecule has 0 aliphatic heterocycles. The highest BCUT2D eigenvalue weighted by molar-refractivity contribution is 8.21. The number of nitro groups is 1. The van der Waals surface area contributed by atoms with Crippen molar-refractivity contribution in [3.8, 4) is 5.75 Å². The molecule has 0 amide bonds. The first-order valence-electron chi connectivity index (χ1n) is 3.40. The predicted octanol–water partition coefficient (Wildman–Crippen LogP) is 3.50. The first kappa shape index (κ1) is 11.4. The van der Waals surface area contributed by atoms with Crippen molar-refractivity contribution >= 4 is 38.9 Å². The lowest BCUT2D eigenvalue weighted by Crippen LogP contribution is -1.95. The van der Waals surface area contributed by atoms with Gasteiger partial charge in [0.2, 0.25) is 5.75 Å². The fraction of sp³-hybridized carbons (Fsp3) is 0.143. The Morgan fingerprint density at radius 1 is 1.57 bits per heavy atom. The molecule has 4 nitrogen and oxygen atoms in total. The molecule has 14 heavy (non-hydrogen) atoms. The van der Waals surface area contributed by atoms with Crippen LogP contribution in [0.1, 0.15) is 0 Å². The maximum absolute atomic E-state index is 10.6. The van der Waals surface area contributed by atoms with Gasteiger partial charge in [-0.15, -0.1) is 0 Å². The minimum absolute atomic E-state index is 0.124. The van der Waals surface area contributed by atoms with Crippen LogP contribution in [-0.2, 0) is 0 Å². The zero-order valence-corrected chi connectivity index (χ0v) is 9.32. The first-order chi connectivity index (χ1) is 6.60. The molecule has 0 N–H and O–H groups in total. The lowest BCUT2D eigenvalue weighted by atomic mass is 10.3. The molecule has 0 fully saturated rings. The summed E-state index contributed by atoms with van der Waals surface area (Å²) in [4.78, 5) is 10.5. The molecule has 76 valence electrons. The molecule has 0 atom stereocenters. The fourth-order valence-electron chi connectivity index (χ4n) is 0.953. The molecule has 0 aliphatic rings. The van der Waals surface area contributed by atoms with E-state index in [0.29, 0.717) is 4.90 Å². The molecule has 0 heterocycles. The Morgan fingerprint density at radius 2 is 2.21 bits per heavy atom. The van der Waals surface area contributed by atoms with Crippen LogP contribution in [0.3, 0.4) is 0 Å². The maximum atomic E-state index is 10.6. The largest absolute Gasteiger partial charge is 0.489 e. The zero-order valence-electron chi connectivity index (χ0n) is 6.99. The molecule has 0 spiro atoms. The molecule has 0 bridgehead atoms. The normalized spacial score (nSPS) is 9.93. The summed E-state index contributed by atoms with van der Waals surface area (Å²) < 4.78 is 4.88. The number of rotatable bonds is 3. The summed E-state index contributed by atoms with van der Waals surface area (Å²) in [5.41, 5.74) is -0.192. The SMILES string of the molecule is COc1c(SCl)cc(Cl)cc1[N+](=O)[O-]. The van der Waals surface area contributed by atoms with Crippen molar-refractivity contribution in [3.63, 3.8) is 0 Å². The molecule has 1 rings (SSSR count). The number of methoxy groups -OCH3 is 1.